The number of nitrogens with two attached hydrogens (primary N) is 1. The highest BCUT2D eigenvalue weighted by Gasteiger charge is 2.04. The van der Waals surface area contributed by atoms with Crippen LogP contribution in [0.25, 0.3) is 0 Å². The summed E-state index contributed by atoms with van der Waals surface area (Å²) in [6.45, 7) is -0.272. The van der Waals surface area contributed by atoms with Gasteiger partial charge >= 0.3 is 5.97 Å². The monoisotopic (exact) mass is 119 g/mol. The van der Waals surface area contributed by atoms with E-state index in [4.69, 9.17) is 15.9 Å². The normalized spacial score (nSPS) is 13.2. The molecule has 0 heterocycles. The molecule has 4 heteroatoms. The van der Waals surface area contributed by atoms with E-state index in [0.29, 0.717) is 0 Å². The lowest BCUT2D eigenvalue weighted by Crippen LogP contribution is -2.27. The summed E-state index contributed by atoms with van der Waals surface area (Å²) in [5.41, 5.74) is 5.04. The zero-order valence-corrected chi connectivity index (χ0v) is 4.37. The van der Waals surface area contributed by atoms with Gasteiger partial charge in [-0.2, -0.15) is 0 Å². The van der Waals surface area contributed by atoms with Crippen molar-refractivity contribution in [3.63, 3.8) is 0 Å². The summed E-state index contributed by atoms with van der Waals surface area (Å²) in [6.07, 6.45) is -0.170. The summed E-state index contributed by atoms with van der Waals surface area (Å²) in [6, 6.07) is -0.618. The Labute approximate surface area is 46.9 Å². The molecule has 0 saturated heterocycles. The summed E-state index contributed by atoms with van der Waals surface area (Å²) >= 11 is 0. The highest BCUT2D eigenvalue weighted by molar-refractivity contribution is 5.67. The molecule has 0 radical (unpaired) electrons. The zero-order chi connectivity index (χ0) is 6.57. The molecule has 0 spiro atoms. The zero-order valence-electron chi connectivity index (χ0n) is 4.37. The number of hydrogen-bond donors (Lipinski definition) is 3. The van der Waals surface area contributed by atoms with E-state index in [1.807, 2.05) is 0 Å². The van der Waals surface area contributed by atoms with Crippen molar-refractivity contribution >= 4 is 5.97 Å². The predicted molar refractivity (Wildman–Crippen MR) is 27.3 cm³/mol. The molecule has 0 aliphatic rings. The molecule has 1 atom stereocenters. The number of rotatable bonds is 3. The molecule has 0 amide bonds. The highest BCUT2D eigenvalue weighted by Crippen LogP contribution is 1.83. The quantitative estimate of drug-likeness (QED) is 0.435. The van der Waals surface area contributed by atoms with Crippen LogP contribution in [-0.2, 0) is 4.79 Å². The molecule has 4 N–H and O–H groups in total. The lowest BCUT2D eigenvalue weighted by molar-refractivity contribution is -0.137. The summed E-state index contributed by atoms with van der Waals surface area (Å²) in [7, 11) is 0. The summed E-state index contributed by atoms with van der Waals surface area (Å²) in [5.74, 6) is -0.980. The number of aliphatic carboxylic acids is 1. The van der Waals surface area contributed by atoms with E-state index in [0.717, 1.165) is 0 Å². The Balaban J connectivity index is 3.24. The smallest absolute Gasteiger partial charge is 0.305 e. The lowest BCUT2D eigenvalue weighted by Gasteiger charge is -2.00. The number of aliphatic hydroxyl groups is 1. The van der Waals surface area contributed by atoms with Crippen molar-refractivity contribution in [3.05, 3.63) is 0 Å². The van der Waals surface area contributed by atoms with Crippen LogP contribution in [-0.4, -0.2) is 28.8 Å². The number of carboxylic acids is 1. The topological polar surface area (TPSA) is 83.5 Å². The van der Waals surface area contributed by atoms with Gasteiger partial charge in [0.1, 0.15) is 0 Å². The minimum Gasteiger partial charge on any atom is -0.481 e. The average molecular weight is 119 g/mol. The molecule has 0 aromatic rings. The molecule has 0 aliphatic carbocycles. The molecule has 0 aromatic heterocycles. The van der Waals surface area contributed by atoms with Crippen LogP contribution in [0.2, 0.25) is 0 Å². The third-order valence-electron chi connectivity index (χ3n) is 0.671. The van der Waals surface area contributed by atoms with E-state index < -0.39 is 12.0 Å². The first-order valence-electron chi connectivity index (χ1n) is 2.25. The maximum atomic E-state index is 9.78. The van der Waals surface area contributed by atoms with Crippen LogP contribution < -0.4 is 5.73 Å². The van der Waals surface area contributed by atoms with Crippen LogP contribution in [0.4, 0.5) is 0 Å². The fourth-order valence-electron chi connectivity index (χ4n) is 0.289. The Morgan fingerprint density at radius 2 is 2.25 bits per heavy atom. The lowest BCUT2D eigenvalue weighted by atomic mass is 10.2. The van der Waals surface area contributed by atoms with Crippen molar-refractivity contribution in [2.24, 2.45) is 5.73 Å². The third kappa shape index (κ3) is 3.58. The van der Waals surface area contributed by atoms with Crippen molar-refractivity contribution < 1.29 is 15.0 Å². The molecule has 0 rings (SSSR count). The van der Waals surface area contributed by atoms with Gasteiger partial charge in [-0.3, -0.25) is 4.79 Å². The fraction of sp³-hybridized carbons (Fsp3) is 0.750. The molecule has 48 valence electrons. The van der Waals surface area contributed by atoms with E-state index in [2.05, 4.69) is 0 Å². The van der Waals surface area contributed by atoms with Crippen LogP contribution >= 0.6 is 0 Å². The summed E-state index contributed by atoms with van der Waals surface area (Å²) in [5, 5.41) is 16.2. The van der Waals surface area contributed by atoms with Crippen molar-refractivity contribution in [3.8, 4) is 0 Å². The molecule has 0 aliphatic heterocycles. The largest absolute Gasteiger partial charge is 0.481 e. The van der Waals surface area contributed by atoms with E-state index in [1.165, 1.54) is 0 Å². The minimum atomic E-state index is -0.980. The van der Waals surface area contributed by atoms with Gasteiger partial charge in [0, 0.05) is 6.04 Å². The molecule has 0 saturated carbocycles. The number of aliphatic hydroxyl groups excluding tert-OH is 1. The SMILES string of the molecule is N[C@@H](CO)CC(=O)O. The second-order valence-electron chi connectivity index (χ2n) is 1.54. The molecule has 0 bridgehead atoms. The minimum absolute atomic E-state index is 0.170. The molecule has 0 aromatic carbocycles. The number of carbonyl (C=O) groups is 1. The Bertz CT molecular complexity index is 83.4. The third-order valence-corrected chi connectivity index (χ3v) is 0.671. The van der Waals surface area contributed by atoms with Gasteiger partial charge in [-0.15, -0.1) is 0 Å². The van der Waals surface area contributed by atoms with Crippen LogP contribution in [0.1, 0.15) is 6.42 Å². The predicted octanol–water partition coefficient (Wildman–Crippen LogP) is -1.22. The van der Waals surface area contributed by atoms with Crippen molar-refractivity contribution in [2.75, 3.05) is 6.61 Å². The molecule has 0 fully saturated rings. The van der Waals surface area contributed by atoms with Crippen molar-refractivity contribution in [2.45, 2.75) is 12.5 Å². The second-order valence-corrected chi connectivity index (χ2v) is 1.54. The number of carboxylic acid groups (broad SMARTS) is 1. The van der Waals surface area contributed by atoms with Gasteiger partial charge in [-0.1, -0.05) is 0 Å². The van der Waals surface area contributed by atoms with Gasteiger partial charge in [-0.05, 0) is 0 Å². The first-order chi connectivity index (χ1) is 3.66. The first-order valence-corrected chi connectivity index (χ1v) is 2.25. The Hall–Kier alpha value is -0.610. The van der Waals surface area contributed by atoms with Crippen molar-refractivity contribution in [1.29, 1.82) is 0 Å². The molecule has 4 nitrogen and oxygen atoms in total. The van der Waals surface area contributed by atoms with Gasteiger partial charge in [-0.25, -0.2) is 0 Å². The highest BCUT2D eigenvalue weighted by atomic mass is 16.4. The van der Waals surface area contributed by atoms with Gasteiger partial charge in [0.2, 0.25) is 0 Å². The van der Waals surface area contributed by atoms with Crippen LogP contribution in [0.5, 0.6) is 0 Å². The van der Waals surface area contributed by atoms with Crippen molar-refractivity contribution in [1.82, 2.24) is 0 Å². The van der Waals surface area contributed by atoms with Gasteiger partial charge in [0.25, 0.3) is 0 Å². The average Bonchev–Trinajstić information content (AvgIpc) is 1.65. The standard InChI is InChI=1S/C4H9NO3/c5-3(2-6)1-4(7)8/h3,6H,1-2,5H2,(H,7,8)/t3-/m1/s1. The van der Waals surface area contributed by atoms with Gasteiger partial charge in [0.05, 0.1) is 13.0 Å². The van der Waals surface area contributed by atoms with E-state index in [9.17, 15) is 4.79 Å². The van der Waals surface area contributed by atoms with E-state index >= 15 is 0 Å². The maximum Gasteiger partial charge on any atom is 0.305 e. The summed E-state index contributed by atoms with van der Waals surface area (Å²) < 4.78 is 0. The van der Waals surface area contributed by atoms with Crippen LogP contribution in [0, 0.1) is 0 Å². The van der Waals surface area contributed by atoms with Gasteiger partial charge in [0.15, 0.2) is 0 Å². The Kier molecular flexibility index (Phi) is 3.14. The Morgan fingerprint density at radius 1 is 1.75 bits per heavy atom. The fourth-order valence-corrected chi connectivity index (χ4v) is 0.289. The molecular weight excluding hydrogens is 110 g/mol. The first kappa shape index (κ1) is 7.39. The molecule has 0 unspecified atom stereocenters. The van der Waals surface area contributed by atoms with Crippen LogP contribution in [0.15, 0.2) is 0 Å². The van der Waals surface area contributed by atoms with E-state index in [1.54, 1.807) is 0 Å². The maximum absolute atomic E-state index is 9.78. The van der Waals surface area contributed by atoms with E-state index in [-0.39, 0.29) is 13.0 Å². The molecular formula is C4H9NO3. The number of hydrogen-bond acceptors (Lipinski definition) is 3. The van der Waals surface area contributed by atoms with Crippen LogP contribution in [0.3, 0.4) is 0 Å². The Morgan fingerprint density at radius 3 is 2.38 bits per heavy atom. The molecule has 8 heavy (non-hydrogen) atoms. The summed E-state index contributed by atoms with van der Waals surface area (Å²) in [4.78, 5) is 9.78. The second kappa shape index (κ2) is 3.40. The van der Waals surface area contributed by atoms with Gasteiger partial charge < -0.3 is 15.9 Å².